The molecule has 3 nitrogen and oxygen atoms in total. The van der Waals surface area contributed by atoms with E-state index in [9.17, 15) is 10.2 Å². The van der Waals surface area contributed by atoms with Crippen LogP contribution in [0.2, 0.25) is 0 Å². The Balaban J connectivity index is 1.98. The van der Waals surface area contributed by atoms with Gasteiger partial charge in [-0.3, -0.25) is 0 Å². The summed E-state index contributed by atoms with van der Waals surface area (Å²) < 4.78 is 5.44. The van der Waals surface area contributed by atoms with Crippen molar-refractivity contribution in [3.05, 3.63) is 59.7 Å². The molecule has 3 heteroatoms. The molecule has 1 aliphatic heterocycles. The molecule has 3 rings (SSSR count). The molecule has 2 atom stereocenters. The first-order chi connectivity index (χ1) is 9.65. The molecule has 1 saturated heterocycles. The first-order valence-corrected chi connectivity index (χ1v) is 6.84. The van der Waals surface area contributed by atoms with Crippen LogP contribution in [0.5, 0.6) is 11.5 Å². The Hall–Kier alpha value is -2.00. The van der Waals surface area contributed by atoms with Gasteiger partial charge in [0.1, 0.15) is 11.5 Å². The van der Waals surface area contributed by atoms with Gasteiger partial charge in [-0.1, -0.05) is 31.2 Å². The van der Waals surface area contributed by atoms with Crippen molar-refractivity contribution in [2.24, 2.45) is 5.92 Å². The van der Waals surface area contributed by atoms with Crippen molar-refractivity contribution in [2.75, 3.05) is 6.61 Å². The van der Waals surface area contributed by atoms with Crippen molar-refractivity contribution in [1.29, 1.82) is 0 Å². The maximum Gasteiger partial charge on any atom is 0.115 e. The van der Waals surface area contributed by atoms with E-state index in [0.29, 0.717) is 12.0 Å². The predicted octanol–water partition coefficient (Wildman–Crippen LogP) is 3.26. The number of rotatable bonds is 4. The van der Waals surface area contributed by atoms with Crippen LogP contribution in [0, 0.1) is 5.92 Å². The Kier molecular flexibility index (Phi) is 3.36. The lowest BCUT2D eigenvalue weighted by atomic mass is 9.80. The normalized spacial score (nSPS) is 19.0. The van der Waals surface area contributed by atoms with E-state index in [1.807, 2.05) is 24.3 Å². The summed E-state index contributed by atoms with van der Waals surface area (Å²) in [7, 11) is 0. The molecule has 0 amide bonds. The molecule has 1 aliphatic rings. The Morgan fingerprint density at radius 3 is 1.65 bits per heavy atom. The molecular formula is C17H18O3. The summed E-state index contributed by atoms with van der Waals surface area (Å²) in [6, 6.07) is 14.6. The number of ether oxygens (including phenoxy) is 1. The highest BCUT2D eigenvalue weighted by Crippen LogP contribution is 2.39. The fraction of sp³-hybridized carbons (Fsp3) is 0.294. The highest BCUT2D eigenvalue weighted by atomic mass is 16.6. The zero-order valence-electron chi connectivity index (χ0n) is 11.4. The van der Waals surface area contributed by atoms with Crippen molar-refractivity contribution in [3.63, 3.8) is 0 Å². The standard InChI is InChI=1S/C17H18O3/c1-11(16-10-20-16)17(12-2-6-14(18)7-3-12)13-4-8-15(19)9-5-13/h2-9,11,16-19H,10H2,1H3. The molecule has 2 aromatic rings. The monoisotopic (exact) mass is 270 g/mol. The van der Waals surface area contributed by atoms with Gasteiger partial charge >= 0.3 is 0 Å². The molecule has 0 bridgehead atoms. The summed E-state index contributed by atoms with van der Waals surface area (Å²) >= 11 is 0. The van der Waals surface area contributed by atoms with Gasteiger partial charge in [0, 0.05) is 5.92 Å². The molecule has 2 N–H and O–H groups in total. The minimum Gasteiger partial charge on any atom is -0.508 e. The molecule has 0 radical (unpaired) electrons. The number of benzene rings is 2. The first-order valence-electron chi connectivity index (χ1n) is 6.84. The SMILES string of the molecule is CC(C1CO1)C(c1ccc(O)cc1)c1ccc(O)cc1. The molecule has 0 aromatic heterocycles. The number of phenolic OH excluding ortho intramolecular Hbond substituents is 2. The lowest BCUT2D eigenvalue weighted by Crippen LogP contribution is -2.16. The van der Waals surface area contributed by atoms with Crippen LogP contribution >= 0.6 is 0 Å². The molecule has 0 saturated carbocycles. The molecular weight excluding hydrogens is 252 g/mol. The van der Waals surface area contributed by atoms with Crippen LogP contribution in [-0.4, -0.2) is 22.9 Å². The maximum atomic E-state index is 9.45. The van der Waals surface area contributed by atoms with E-state index in [2.05, 4.69) is 6.92 Å². The van der Waals surface area contributed by atoms with Crippen LogP contribution in [-0.2, 0) is 4.74 Å². The smallest absolute Gasteiger partial charge is 0.115 e. The Bertz CT molecular complexity index is 525. The van der Waals surface area contributed by atoms with Crippen LogP contribution in [0.4, 0.5) is 0 Å². The van der Waals surface area contributed by atoms with Crippen LogP contribution in [0.15, 0.2) is 48.5 Å². The number of epoxide rings is 1. The van der Waals surface area contributed by atoms with Crippen LogP contribution in [0.25, 0.3) is 0 Å². The van der Waals surface area contributed by atoms with Crippen LogP contribution in [0.1, 0.15) is 24.0 Å². The van der Waals surface area contributed by atoms with E-state index >= 15 is 0 Å². The highest BCUT2D eigenvalue weighted by Gasteiger charge is 2.36. The van der Waals surface area contributed by atoms with Crippen molar-refractivity contribution < 1.29 is 14.9 Å². The van der Waals surface area contributed by atoms with E-state index in [-0.39, 0.29) is 17.4 Å². The summed E-state index contributed by atoms with van der Waals surface area (Å²) in [5.41, 5.74) is 2.30. The van der Waals surface area contributed by atoms with Gasteiger partial charge < -0.3 is 14.9 Å². The average Bonchev–Trinajstić information content (AvgIpc) is 3.28. The van der Waals surface area contributed by atoms with E-state index < -0.39 is 0 Å². The van der Waals surface area contributed by atoms with Gasteiger partial charge in [0.25, 0.3) is 0 Å². The van der Waals surface area contributed by atoms with Crippen LogP contribution < -0.4 is 0 Å². The van der Waals surface area contributed by atoms with Gasteiger partial charge in [0.05, 0.1) is 12.7 Å². The first kappa shape index (κ1) is 13.0. The molecule has 104 valence electrons. The second kappa shape index (κ2) is 5.17. The van der Waals surface area contributed by atoms with Crippen molar-refractivity contribution in [3.8, 4) is 11.5 Å². The van der Waals surface area contributed by atoms with Gasteiger partial charge in [-0.2, -0.15) is 0 Å². The van der Waals surface area contributed by atoms with E-state index in [1.54, 1.807) is 24.3 Å². The Morgan fingerprint density at radius 2 is 1.30 bits per heavy atom. The molecule has 2 aromatic carbocycles. The predicted molar refractivity (Wildman–Crippen MR) is 77.0 cm³/mol. The fourth-order valence-electron chi connectivity index (χ4n) is 2.74. The van der Waals surface area contributed by atoms with E-state index in [0.717, 1.165) is 17.7 Å². The maximum absolute atomic E-state index is 9.45. The summed E-state index contributed by atoms with van der Waals surface area (Å²) in [5.74, 6) is 1.09. The highest BCUT2D eigenvalue weighted by molar-refractivity contribution is 5.38. The third-order valence-electron chi connectivity index (χ3n) is 3.98. The fourth-order valence-corrected chi connectivity index (χ4v) is 2.74. The Labute approximate surface area is 118 Å². The number of phenols is 2. The van der Waals surface area contributed by atoms with Gasteiger partial charge in [-0.15, -0.1) is 0 Å². The Morgan fingerprint density at radius 1 is 0.900 bits per heavy atom. The summed E-state index contributed by atoms with van der Waals surface area (Å²) in [5, 5.41) is 18.9. The van der Waals surface area contributed by atoms with Gasteiger partial charge in [-0.05, 0) is 41.3 Å². The van der Waals surface area contributed by atoms with Crippen molar-refractivity contribution in [1.82, 2.24) is 0 Å². The molecule has 0 aliphatic carbocycles. The van der Waals surface area contributed by atoms with E-state index in [4.69, 9.17) is 4.74 Å². The zero-order valence-corrected chi connectivity index (χ0v) is 11.4. The van der Waals surface area contributed by atoms with Crippen LogP contribution in [0.3, 0.4) is 0 Å². The molecule has 2 unspecified atom stereocenters. The van der Waals surface area contributed by atoms with E-state index in [1.165, 1.54) is 0 Å². The average molecular weight is 270 g/mol. The summed E-state index contributed by atoms with van der Waals surface area (Å²) in [4.78, 5) is 0. The summed E-state index contributed by atoms with van der Waals surface area (Å²) in [6.07, 6.45) is 0.294. The lowest BCUT2D eigenvalue weighted by molar-refractivity contribution is 0.324. The number of hydrogen-bond acceptors (Lipinski definition) is 3. The lowest BCUT2D eigenvalue weighted by Gasteiger charge is -2.24. The summed E-state index contributed by atoms with van der Waals surface area (Å²) in [6.45, 7) is 3.00. The molecule has 1 fully saturated rings. The van der Waals surface area contributed by atoms with Gasteiger partial charge in [-0.25, -0.2) is 0 Å². The minimum absolute atomic E-state index is 0.198. The van der Waals surface area contributed by atoms with Gasteiger partial charge in [0.2, 0.25) is 0 Å². The third-order valence-corrected chi connectivity index (χ3v) is 3.98. The topological polar surface area (TPSA) is 53.0 Å². The molecule has 1 heterocycles. The minimum atomic E-state index is 0.198. The third kappa shape index (κ3) is 2.63. The van der Waals surface area contributed by atoms with Crippen molar-refractivity contribution >= 4 is 0 Å². The quantitative estimate of drug-likeness (QED) is 0.838. The van der Waals surface area contributed by atoms with Crippen molar-refractivity contribution in [2.45, 2.75) is 18.9 Å². The molecule has 20 heavy (non-hydrogen) atoms. The molecule has 0 spiro atoms. The van der Waals surface area contributed by atoms with Gasteiger partial charge in [0.15, 0.2) is 0 Å². The number of hydrogen-bond donors (Lipinski definition) is 2. The second-order valence-electron chi connectivity index (χ2n) is 5.39. The zero-order chi connectivity index (χ0) is 14.1. The number of aromatic hydroxyl groups is 2. The second-order valence-corrected chi connectivity index (χ2v) is 5.39. The largest absolute Gasteiger partial charge is 0.508 e.